The van der Waals surface area contributed by atoms with E-state index in [9.17, 15) is 14.4 Å². The van der Waals surface area contributed by atoms with Gasteiger partial charge in [0.25, 0.3) is 5.91 Å². The molecule has 0 radical (unpaired) electrons. The normalized spacial score (nSPS) is 19.4. The Labute approximate surface area is 87.6 Å². The number of carbonyl (C=O) groups is 2. The predicted molar refractivity (Wildman–Crippen MR) is 51.9 cm³/mol. The van der Waals surface area contributed by atoms with Crippen molar-refractivity contribution in [2.45, 2.75) is 19.4 Å². The van der Waals surface area contributed by atoms with Crippen molar-refractivity contribution >= 4 is 18.0 Å². The summed E-state index contributed by atoms with van der Waals surface area (Å²) >= 11 is 0. The highest BCUT2D eigenvalue weighted by Crippen LogP contribution is 2.25. The lowest BCUT2D eigenvalue weighted by Crippen LogP contribution is -2.45. The van der Waals surface area contributed by atoms with Crippen LogP contribution in [-0.4, -0.2) is 53.5 Å². The number of imide groups is 1. The van der Waals surface area contributed by atoms with Crippen LogP contribution in [-0.2, 0) is 9.59 Å². The molecule has 15 heavy (non-hydrogen) atoms. The zero-order valence-electron chi connectivity index (χ0n) is 8.98. The summed E-state index contributed by atoms with van der Waals surface area (Å²) in [5.41, 5.74) is -0.857. The molecule has 0 aromatic heterocycles. The Morgan fingerprint density at radius 2 is 2.00 bits per heavy atom. The number of urea groups is 1. The zero-order valence-corrected chi connectivity index (χ0v) is 8.98. The molecule has 0 saturated carbocycles. The number of hydrogen-bond acceptors (Lipinski definition) is 4. The fourth-order valence-corrected chi connectivity index (χ4v) is 1.60. The molecule has 6 nitrogen and oxygen atoms in total. The van der Waals surface area contributed by atoms with Crippen molar-refractivity contribution in [2.24, 2.45) is 4.99 Å². The maximum Gasteiger partial charge on any atom is 0.327 e. The smallest absolute Gasteiger partial charge is 0.308 e. The Hall–Kier alpha value is -1.68. The van der Waals surface area contributed by atoms with E-state index in [2.05, 4.69) is 4.99 Å². The summed E-state index contributed by atoms with van der Waals surface area (Å²) in [5.74, 6) is -0.248. The number of rotatable bonds is 3. The Morgan fingerprint density at radius 1 is 1.40 bits per heavy atom. The first-order valence-corrected chi connectivity index (χ1v) is 4.56. The number of amides is 3. The Kier molecular flexibility index (Phi) is 2.90. The SMILES string of the molecule is CN1C(=O)N(CCN=C=O)C(C)(C)C1=O. The van der Waals surface area contributed by atoms with Crippen LogP contribution >= 0.6 is 0 Å². The summed E-state index contributed by atoms with van der Waals surface area (Å²) in [6.07, 6.45) is 1.39. The summed E-state index contributed by atoms with van der Waals surface area (Å²) < 4.78 is 0. The molecule has 0 aliphatic carbocycles. The van der Waals surface area contributed by atoms with Gasteiger partial charge in [-0.25, -0.2) is 14.6 Å². The minimum atomic E-state index is -0.857. The first-order chi connectivity index (χ1) is 6.92. The lowest BCUT2D eigenvalue weighted by molar-refractivity contribution is -0.130. The van der Waals surface area contributed by atoms with Crippen LogP contribution in [0, 0.1) is 0 Å². The van der Waals surface area contributed by atoms with Gasteiger partial charge in [0.15, 0.2) is 0 Å². The van der Waals surface area contributed by atoms with Crippen LogP contribution in [0.25, 0.3) is 0 Å². The molecule has 0 bridgehead atoms. The van der Waals surface area contributed by atoms with Crippen molar-refractivity contribution in [3.63, 3.8) is 0 Å². The number of nitrogens with zero attached hydrogens (tertiary/aromatic N) is 3. The lowest BCUT2D eigenvalue weighted by Gasteiger charge is -2.26. The summed E-state index contributed by atoms with van der Waals surface area (Å²) in [6, 6.07) is -0.355. The molecule has 0 aromatic carbocycles. The van der Waals surface area contributed by atoms with Crippen molar-refractivity contribution in [2.75, 3.05) is 20.1 Å². The molecule has 1 aliphatic rings. The van der Waals surface area contributed by atoms with Crippen LogP contribution in [0.4, 0.5) is 4.79 Å². The summed E-state index contributed by atoms with van der Waals surface area (Å²) in [6.45, 7) is 3.75. The van der Waals surface area contributed by atoms with Gasteiger partial charge in [-0.1, -0.05) is 0 Å². The molecule has 0 unspecified atom stereocenters. The van der Waals surface area contributed by atoms with E-state index in [4.69, 9.17) is 0 Å². The third-order valence-electron chi connectivity index (χ3n) is 2.52. The molecule has 1 fully saturated rings. The van der Waals surface area contributed by atoms with Gasteiger partial charge < -0.3 is 4.90 Å². The highest BCUT2D eigenvalue weighted by atomic mass is 16.2. The van der Waals surface area contributed by atoms with Crippen molar-refractivity contribution in [3.05, 3.63) is 0 Å². The van der Waals surface area contributed by atoms with E-state index in [1.54, 1.807) is 13.8 Å². The maximum absolute atomic E-state index is 11.6. The van der Waals surface area contributed by atoms with Crippen molar-refractivity contribution in [3.8, 4) is 0 Å². The topological polar surface area (TPSA) is 70.1 Å². The Bertz CT molecular complexity index is 345. The van der Waals surface area contributed by atoms with Gasteiger partial charge in [-0.15, -0.1) is 0 Å². The van der Waals surface area contributed by atoms with Crippen molar-refractivity contribution in [1.29, 1.82) is 0 Å². The molecule has 1 rings (SSSR count). The number of hydrogen-bond donors (Lipinski definition) is 0. The quantitative estimate of drug-likeness (QED) is 0.374. The summed E-state index contributed by atoms with van der Waals surface area (Å²) in [5, 5.41) is 0. The van der Waals surface area contributed by atoms with Gasteiger partial charge in [0.1, 0.15) is 5.54 Å². The van der Waals surface area contributed by atoms with Crippen LogP contribution in [0.15, 0.2) is 4.99 Å². The van der Waals surface area contributed by atoms with Crippen molar-refractivity contribution in [1.82, 2.24) is 9.80 Å². The second-order valence-electron chi connectivity index (χ2n) is 3.83. The first-order valence-electron chi connectivity index (χ1n) is 4.56. The number of carbonyl (C=O) groups excluding carboxylic acids is 3. The fourth-order valence-electron chi connectivity index (χ4n) is 1.60. The Balaban J connectivity index is 2.83. The predicted octanol–water partition coefficient (Wildman–Crippen LogP) is -0.00520. The number of likely N-dealkylation sites (N-methyl/N-ethyl adjacent to an activating group) is 1. The molecule has 0 spiro atoms. The Morgan fingerprint density at radius 3 is 2.40 bits per heavy atom. The van der Waals surface area contributed by atoms with Crippen LogP contribution in [0.3, 0.4) is 0 Å². The fraction of sp³-hybridized carbons (Fsp3) is 0.667. The third-order valence-corrected chi connectivity index (χ3v) is 2.52. The van der Waals surface area contributed by atoms with Crippen molar-refractivity contribution < 1.29 is 14.4 Å². The van der Waals surface area contributed by atoms with E-state index < -0.39 is 5.54 Å². The van der Waals surface area contributed by atoms with Gasteiger partial charge in [-0.3, -0.25) is 9.69 Å². The van der Waals surface area contributed by atoms with E-state index >= 15 is 0 Å². The van der Waals surface area contributed by atoms with E-state index in [0.717, 1.165) is 4.90 Å². The lowest BCUT2D eigenvalue weighted by atomic mass is 10.0. The van der Waals surface area contributed by atoms with E-state index in [0.29, 0.717) is 0 Å². The summed E-state index contributed by atoms with van der Waals surface area (Å²) in [4.78, 5) is 39.0. The minimum Gasteiger partial charge on any atom is -0.308 e. The first kappa shape index (κ1) is 11.4. The highest BCUT2D eigenvalue weighted by molar-refractivity contribution is 6.06. The van der Waals surface area contributed by atoms with Gasteiger partial charge >= 0.3 is 6.03 Å². The van der Waals surface area contributed by atoms with Gasteiger partial charge in [0.05, 0.1) is 6.54 Å². The van der Waals surface area contributed by atoms with Gasteiger partial charge in [0, 0.05) is 13.6 Å². The average molecular weight is 211 g/mol. The molecule has 1 saturated heterocycles. The summed E-state index contributed by atoms with van der Waals surface area (Å²) in [7, 11) is 1.44. The molecule has 1 aliphatic heterocycles. The van der Waals surface area contributed by atoms with Gasteiger partial charge in [-0.05, 0) is 13.8 Å². The second kappa shape index (κ2) is 3.82. The molecule has 0 aromatic rings. The number of isocyanates is 1. The molecule has 6 heteroatoms. The van der Waals surface area contributed by atoms with Gasteiger partial charge in [0.2, 0.25) is 6.08 Å². The van der Waals surface area contributed by atoms with Crippen LogP contribution in [0.5, 0.6) is 0 Å². The average Bonchev–Trinajstić information content (AvgIpc) is 2.32. The molecular weight excluding hydrogens is 198 g/mol. The van der Waals surface area contributed by atoms with Gasteiger partial charge in [-0.2, -0.15) is 0 Å². The van der Waals surface area contributed by atoms with E-state index in [-0.39, 0.29) is 25.0 Å². The van der Waals surface area contributed by atoms with Crippen LogP contribution in [0.2, 0.25) is 0 Å². The van der Waals surface area contributed by atoms with Crippen LogP contribution in [0.1, 0.15) is 13.8 Å². The van der Waals surface area contributed by atoms with Crippen LogP contribution < -0.4 is 0 Å². The number of aliphatic imine (C=N–C) groups is 1. The molecular formula is C9H13N3O3. The second-order valence-corrected chi connectivity index (χ2v) is 3.83. The molecule has 0 atom stereocenters. The monoisotopic (exact) mass is 211 g/mol. The maximum atomic E-state index is 11.6. The third kappa shape index (κ3) is 1.76. The highest BCUT2D eigenvalue weighted by Gasteiger charge is 2.49. The minimum absolute atomic E-state index is 0.166. The molecule has 1 heterocycles. The standard InChI is InChI=1S/C9H13N3O3/c1-9(2)7(14)11(3)8(15)12(9)5-4-10-6-13/h4-5H2,1-3H3. The molecule has 0 N–H and O–H groups in total. The molecule has 82 valence electrons. The zero-order chi connectivity index (χ0) is 11.6. The largest absolute Gasteiger partial charge is 0.327 e. The van der Waals surface area contributed by atoms with E-state index in [1.807, 2.05) is 0 Å². The molecule has 3 amide bonds. The van der Waals surface area contributed by atoms with E-state index in [1.165, 1.54) is 18.0 Å².